The Morgan fingerprint density at radius 2 is 2.27 bits per heavy atom. The summed E-state index contributed by atoms with van der Waals surface area (Å²) in [5.41, 5.74) is 6.89. The zero-order valence-electron chi connectivity index (χ0n) is 9.33. The summed E-state index contributed by atoms with van der Waals surface area (Å²) in [5.74, 6) is 0. The lowest BCUT2D eigenvalue weighted by atomic mass is 9.82. The second-order valence-corrected chi connectivity index (χ2v) is 5.09. The van der Waals surface area contributed by atoms with Crippen LogP contribution in [0.25, 0.3) is 0 Å². The molecule has 1 aromatic rings. The SMILES string of the molecule is CC(O)(Cc1cnccc1N)C1(C)CC1. The number of aliphatic hydroxyl groups is 1. The quantitative estimate of drug-likeness (QED) is 0.792. The molecule has 0 aromatic carbocycles. The van der Waals surface area contributed by atoms with E-state index < -0.39 is 5.60 Å². The number of aromatic nitrogens is 1. The highest BCUT2D eigenvalue weighted by atomic mass is 16.3. The summed E-state index contributed by atoms with van der Waals surface area (Å²) < 4.78 is 0. The van der Waals surface area contributed by atoms with E-state index in [2.05, 4.69) is 11.9 Å². The Hall–Kier alpha value is -1.09. The van der Waals surface area contributed by atoms with Crippen molar-refractivity contribution < 1.29 is 5.11 Å². The highest BCUT2D eigenvalue weighted by Gasteiger charge is 2.52. The molecule has 0 radical (unpaired) electrons. The first-order valence-corrected chi connectivity index (χ1v) is 5.35. The lowest BCUT2D eigenvalue weighted by Gasteiger charge is -2.30. The molecule has 0 aliphatic heterocycles. The minimum Gasteiger partial charge on any atom is -0.398 e. The summed E-state index contributed by atoms with van der Waals surface area (Å²) in [7, 11) is 0. The molecule has 1 heterocycles. The Kier molecular flexibility index (Phi) is 2.23. The number of rotatable bonds is 3. The van der Waals surface area contributed by atoms with E-state index in [0.717, 1.165) is 24.1 Å². The van der Waals surface area contributed by atoms with Gasteiger partial charge in [-0.05, 0) is 36.8 Å². The number of nitrogens with two attached hydrogens (primary N) is 1. The second kappa shape index (κ2) is 3.20. The number of anilines is 1. The zero-order chi connectivity index (χ0) is 11.1. The number of hydrogen-bond acceptors (Lipinski definition) is 3. The summed E-state index contributed by atoms with van der Waals surface area (Å²) in [6, 6.07) is 1.78. The van der Waals surface area contributed by atoms with Crippen molar-refractivity contribution in [2.45, 2.75) is 38.7 Å². The molecule has 0 bridgehead atoms. The fourth-order valence-electron chi connectivity index (χ4n) is 1.90. The van der Waals surface area contributed by atoms with Crippen LogP contribution in [-0.4, -0.2) is 15.7 Å². The van der Waals surface area contributed by atoms with Gasteiger partial charge in [0, 0.05) is 24.5 Å². The van der Waals surface area contributed by atoms with Crippen molar-refractivity contribution >= 4 is 5.69 Å². The number of hydrogen-bond donors (Lipinski definition) is 2. The highest BCUT2D eigenvalue weighted by Crippen LogP contribution is 2.54. The van der Waals surface area contributed by atoms with Crippen LogP contribution in [0.4, 0.5) is 5.69 Å². The first kappa shape index (κ1) is 10.4. The molecule has 0 spiro atoms. The molecule has 1 atom stereocenters. The van der Waals surface area contributed by atoms with Gasteiger partial charge < -0.3 is 10.8 Å². The Labute approximate surface area is 90.3 Å². The molecule has 1 aliphatic carbocycles. The predicted molar refractivity (Wildman–Crippen MR) is 60.3 cm³/mol. The van der Waals surface area contributed by atoms with E-state index >= 15 is 0 Å². The topological polar surface area (TPSA) is 59.1 Å². The maximum absolute atomic E-state index is 10.4. The molecule has 3 nitrogen and oxygen atoms in total. The van der Waals surface area contributed by atoms with Crippen LogP contribution in [0.2, 0.25) is 0 Å². The normalized spacial score (nSPS) is 22.1. The molecular weight excluding hydrogens is 188 g/mol. The second-order valence-electron chi connectivity index (χ2n) is 5.09. The average molecular weight is 206 g/mol. The number of pyridine rings is 1. The summed E-state index contributed by atoms with van der Waals surface area (Å²) in [5, 5.41) is 10.4. The summed E-state index contributed by atoms with van der Waals surface area (Å²) >= 11 is 0. The van der Waals surface area contributed by atoms with Gasteiger partial charge in [-0.2, -0.15) is 0 Å². The summed E-state index contributed by atoms with van der Waals surface area (Å²) in [4.78, 5) is 4.04. The van der Waals surface area contributed by atoms with Crippen molar-refractivity contribution in [3.8, 4) is 0 Å². The molecule has 15 heavy (non-hydrogen) atoms. The van der Waals surface area contributed by atoms with E-state index in [1.54, 1.807) is 18.5 Å². The maximum atomic E-state index is 10.4. The molecule has 1 aromatic heterocycles. The number of nitrogens with zero attached hydrogens (tertiary/aromatic N) is 1. The van der Waals surface area contributed by atoms with Crippen molar-refractivity contribution in [2.75, 3.05) is 5.73 Å². The summed E-state index contributed by atoms with van der Waals surface area (Å²) in [6.07, 6.45) is 6.20. The van der Waals surface area contributed by atoms with Crippen LogP contribution in [0.5, 0.6) is 0 Å². The van der Waals surface area contributed by atoms with Crippen molar-refractivity contribution in [3.63, 3.8) is 0 Å². The average Bonchev–Trinajstić information content (AvgIpc) is 2.89. The Morgan fingerprint density at radius 3 is 2.80 bits per heavy atom. The highest BCUT2D eigenvalue weighted by molar-refractivity contribution is 5.45. The standard InChI is InChI=1S/C12H18N2O/c1-11(4-5-11)12(2,15)7-9-8-14-6-3-10(9)13/h3,6,8,15H,4-5,7H2,1-2H3,(H2,13,14). The molecule has 3 heteroatoms. The predicted octanol–water partition coefficient (Wildman–Crippen LogP) is 1.76. The Morgan fingerprint density at radius 1 is 1.60 bits per heavy atom. The van der Waals surface area contributed by atoms with Crippen molar-refractivity contribution in [1.29, 1.82) is 0 Å². The fourth-order valence-corrected chi connectivity index (χ4v) is 1.90. The lowest BCUT2D eigenvalue weighted by molar-refractivity contribution is -0.00694. The monoisotopic (exact) mass is 206 g/mol. The Bertz CT molecular complexity index is 370. The van der Waals surface area contributed by atoms with Gasteiger partial charge in [0.1, 0.15) is 0 Å². The van der Waals surface area contributed by atoms with Crippen LogP contribution in [0.15, 0.2) is 18.5 Å². The van der Waals surface area contributed by atoms with Gasteiger partial charge in [-0.3, -0.25) is 4.98 Å². The van der Waals surface area contributed by atoms with E-state index in [4.69, 9.17) is 5.73 Å². The zero-order valence-corrected chi connectivity index (χ0v) is 9.33. The molecular formula is C12H18N2O. The fraction of sp³-hybridized carbons (Fsp3) is 0.583. The first-order chi connectivity index (χ1) is 6.95. The lowest BCUT2D eigenvalue weighted by Crippen LogP contribution is -2.37. The van der Waals surface area contributed by atoms with Gasteiger partial charge in [0.15, 0.2) is 0 Å². The van der Waals surface area contributed by atoms with Gasteiger partial charge in [0.05, 0.1) is 5.60 Å². The smallest absolute Gasteiger partial charge is 0.0714 e. The summed E-state index contributed by atoms with van der Waals surface area (Å²) in [6.45, 7) is 4.02. The van der Waals surface area contributed by atoms with Crippen LogP contribution in [0.1, 0.15) is 32.3 Å². The molecule has 1 fully saturated rings. The van der Waals surface area contributed by atoms with Crippen molar-refractivity contribution in [3.05, 3.63) is 24.0 Å². The van der Waals surface area contributed by atoms with Crippen LogP contribution in [0, 0.1) is 5.41 Å². The third-order valence-corrected chi connectivity index (χ3v) is 3.78. The number of nitrogen functional groups attached to an aromatic ring is 1. The van der Waals surface area contributed by atoms with Gasteiger partial charge >= 0.3 is 0 Å². The van der Waals surface area contributed by atoms with Gasteiger partial charge in [0.25, 0.3) is 0 Å². The van der Waals surface area contributed by atoms with E-state index in [1.807, 2.05) is 6.92 Å². The first-order valence-electron chi connectivity index (χ1n) is 5.35. The third kappa shape index (κ3) is 1.84. The molecule has 82 valence electrons. The molecule has 0 saturated heterocycles. The molecule has 1 saturated carbocycles. The Balaban J connectivity index is 2.18. The molecule has 0 amide bonds. The molecule has 2 rings (SSSR count). The maximum Gasteiger partial charge on any atom is 0.0714 e. The molecule has 1 unspecified atom stereocenters. The van der Waals surface area contributed by atoms with E-state index in [0.29, 0.717) is 6.42 Å². The van der Waals surface area contributed by atoms with Crippen molar-refractivity contribution in [1.82, 2.24) is 4.98 Å². The largest absolute Gasteiger partial charge is 0.398 e. The van der Waals surface area contributed by atoms with E-state index in [1.165, 1.54) is 0 Å². The van der Waals surface area contributed by atoms with Crippen LogP contribution in [-0.2, 0) is 6.42 Å². The minimum absolute atomic E-state index is 0.0648. The molecule has 1 aliphatic rings. The van der Waals surface area contributed by atoms with E-state index in [-0.39, 0.29) is 5.41 Å². The van der Waals surface area contributed by atoms with Gasteiger partial charge in [-0.25, -0.2) is 0 Å². The minimum atomic E-state index is -0.676. The van der Waals surface area contributed by atoms with Crippen LogP contribution >= 0.6 is 0 Å². The molecule has 3 N–H and O–H groups in total. The van der Waals surface area contributed by atoms with Crippen molar-refractivity contribution in [2.24, 2.45) is 5.41 Å². The van der Waals surface area contributed by atoms with Gasteiger partial charge in [-0.1, -0.05) is 6.92 Å². The van der Waals surface area contributed by atoms with Gasteiger partial charge in [0.2, 0.25) is 0 Å². The third-order valence-electron chi connectivity index (χ3n) is 3.78. The van der Waals surface area contributed by atoms with E-state index in [9.17, 15) is 5.11 Å². The van der Waals surface area contributed by atoms with Gasteiger partial charge in [-0.15, -0.1) is 0 Å². The van der Waals surface area contributed by atoms with Crippen LogP contribution < -0.4 is 5.73 Å². The van der Waals surface area contributed by atoms with Crippen LogP contribution in [0.3, 0.4) is 0 Å².